The van der Waals surface area contributed by atoms with Crippen LogP contribution in [0, 0.1) is 0 Å². The molecule has 3 N–H and O–H groups in total. The van der Waals surface area contributed by atoms with E-state index in [0.29, 0.717) is 0 Å². The van der Waals surface area contributed by atoms with Gasteiger partial charge in [0.05, 0.1) is 43.1 Å². The summed E-state index contributed by atoms with van der Waals surface area (Å²) >= 11 is 0. The Balaban J connectivity index is 0.847. The summed E-state index contributed by atoms with van der Waals surface area (Å²) in [4.78, 5) is 101. The van der Waals surface area contributed by atoms with Gasteiger partial charge in [-0.2, -0.15) is 0 Å². The Bertz CT molecular complexity index is 1880. The highest BCUT2D eigenvalue weighted by molar-refractivity contribution is 6.28. The zero-order valence-electron chi connectivity index (χ0n) is 26.4. The predicted molar refractivity (Wildman–Crippen MR) is 168 cm³/mol. The summed E-state index contributed by atoms with van der Waals surface area (Å²) in [5.41, 5.74) is 0.511. The van der Waals surface area contributed by atoms with Gasteiger partial charge in [0.1, 0.15) is 11.8 Å². The minimum Gasteiger partial charge on any atom is -0.483 e. The number of nitrogens with one attached hydrogen (secondary N) is 3. The van der Waals surface area contributed by atoms with Gasteiger partial charge in [-0.15, -0.1) is 0 Å². The summed E-state index contributed by atoms with van der Waals surface area (Å²) in [6, 6.07) is 10.9. The zero-order chi connectivity index (χ0) is 35.4. The second-order valence-corrected chi connectivity index (χ2v) is 11.3. The third-order valence-corrected chi connectivity index (χ3v) is 8.08. The molecule has 1 aromatic heterocycles. The average molecular weight is 687 g/mol. The Morgan fingerprint density at radius 3 is 2.20 bits per heavy atom. The lowest BCUT2D eigenvalue weighted by molar-refractivity contribution is -0.136. The smallest absolute Gasteiger partial charge is 0.287 e. The molecule has 3 aliphatic rings. The highest BCUT2D eigenvalue weighted by Gasteiger charge is 2.46. The van der Waals surface area contributed by atoms with E-state index in [1.165, 1.54) is 30.3 Å². The number of benzene rings is 2. The lowest BCUT2D eigenvalue weighted by Crippen LogP contribution is -2.54. The van der Waals surface area contributed by atoms with Crippen LogP contribution in [0.15, 0.2) is 52.9 Å². The van der Waals surface area contributed by atoms with Crippen molar-refractivity contribution in [3.8, 4) is 5.75 Å². The number of hydrogen-bond donors (Lipinski definition) is 3. The Morgan fingerprint density at radius 2 is 1.48 bits per heavy atom. The van der Waals surface area contributed by atoms with E-state index in [4.69, 9.17) is 18.6 Å². The number of ether oxygens (including phenoxy) is 3. The second-order valence-electron chi connectivity index (χ2n) is 11.3. The molecule has 1 atom stereocenters. The molecule has 2 aliphatic heterocycles. The van der Waals surface area contributed by atoms with Gasteiger partial charge in [-0.25, -0.2) is 0 Å². The molecule has 6 amide bonds. The van der Waals surface area contributed by atoms with Gasteiger partial charge in [0.15, 0.2) is 23.9 Å². The number of piperidine rings is 1. The second kappa shape index (κ2) is 14.6. The third-order valence-electron chi connectivity index (χ3n) is 8.08. The average Bonchev–Trinajstić information content (AvgIpc) is 3.67. The molecule has 3 heterocycles. The molecule has 0 bridgehead atoms. The van der Waals surface area contributed by atoms with Crippen LogP contribution in [-0.2, 0) is 23.9 Å². The number of amides is 6. The maximum absolute atomic E-state index is 13.1. The largest absolute Gasteiger partial charge is 0.483 e. The molecule has 16 nitrogen and oxygen atoms in total. The van der Waals surface area contributed by atoms with Crippen LogP contribution in [0.1, 0.15) is 76.2 Å². The minimum absolute atomic E-state index is 0.00801. The van der Waals surface area contributed by atoms with Crippen LogP contribution in [0.25, 0.3) is 0 Å². The van der Waals surface area contributed by atoms with Crippen LogP contribution in [-0.4, -0.2) is 104 Å². The molecule has 1 fully saturated rings. The Labute approximate surface area is 283 Å². The normalized spacial score (nSPS) is 16.5. The number of carbonyl (C=O) groups excluding carboxylic acids is 8. The molecule has 1 aliphatic carbocycles. The molecule has 6 rings (SSSR count). The molecular formula is C34H30N4O12. The Hall–Kier alpha value is -6.00. The van der Waals surface area contributed by atoms with Crippen LogP contribution in [0.5, 0.6) is 5.75 Å². The molecular weight excluding hydrogens is 656 g/mol. The first-order valence-corrected chi connectivity index (χ1v) is 15.7. The topological polar surface area (TPSA) is 217 Å². The van der Waals surface area contributed by atoms with Crippen molar-refractivity contribution in [1.82, 2.24) is 20.9 Å². The predicted octanol–water partition coefficient (Wildman–Crippen LogP) is 0.414. The lowest BCUT2D eigenvalue weighted by Gasteiger charge is -2.27. The van der Waals surface area contributed by atoms with Gasteiger partial charge in [0.2, 0.25) is 17.6 Å². The minimum atomic E-state index is -1.12. The fraction of sp³-hybridized carbons (Fsp3) is 0.294. The first-order chi connectivity index (χ1) is 24.2. The highest BCUT2D eigenvalue weighted by atomic mass is 16.5. The summed E-state index contributed by atoms with van der Waals surface area (Å²) < 4.78 is 21.8. The van der Waals surface area contributed by atoms with Gasteiger partial charge in [-0.05, 0) is 18.6 Å². The first kappa shape index (κ1) is 33.9. The van der Waals surface area contributed by atoms with Crippen LogP contribution in [0.2, 0.25) is 0 Å². The van der Waals surface area contributed by atoms with Gasteiger partial charge in [0, 0.05) is 36.7 Å². The third kappa shape index (κ3) is 6.79. The fourth-order valence-electron chi connectivity index (χ4n) is 5.69. The molecule has 16 heteroatoms. The maximum Gasteiger partial charge on any atom is 0.287 e. The van der Waals surface area contributed by atoms with Crippen molar-refractivity contribution in [2.24, 2.45) is 0 Å². The Kier molecular flexibility index (Phi) is 9.92. The molecule has 50 heavy (non-hydrogen) atoms. The number of rotatable bonds is 14. The monoisotopic (exact) mass is 686 g/mol. The fourth-order valence-corrected chi connectivity index (χ4v) is 5.69. The van der Waals surface area contributed by atoms with E-state index in [1.807, 2.05) is 0 Å². The quantitative estimate of drug-likeness (QED) is 0.121. The van der Waals surface area contributed by atoms with E-state index in [1.54, 1.807) is 18.2 Å². The van der Waals surface area contributed by atoms with E-state index in [2.05, 4.69) is 16.0 Å². The van der Waals surface area contributed by atoms with E-state index >= 15 is 0 Å². The number of nitrogens with zero attached hydrogens (tertiary/aromatic N) is 1. The van der Waals surface area contributed by atoms with E-state index in [9.17, 15) is 38.4 Å². The molecule has 0 spiro atoms. The summed E-state index contributed by atoms with van der Waals surface area (Å²) in [5.74, 6) is -4.90. The van der Waals surface area contributed by atoms with Gasteiger partial charge < -0.3 is 29.3 Å². The van der Waals surface area contributed by atoms with E-state index < -0.39 is 53.9 Å². The zero-order valence-corrected chi connectivity index (χ0v) is 26.4. The van der Waals surface area contributed by atoms with Crippen molar-refractivity contribution in [2.75, 3.05) is 46.1 Å². The number of imide groups is 2. The lowest BCUT2D eigenvalue weighted by atomic mass is 9.89. The van der Waals surface area contributed by atoms with Crippen LogP contribution in [0.4, 0.5) is 0 Å². The Morgan fingerprint density at radius 1 is 0.800 bits per heavy atom. The molecule has 1 saturated heterocycles. The number of carbonyl (C=O) groups is 8. The maximum atomic E-state index is 13.1. The highest BCUT2D eigenvalue weighted by Crippen LogP contribution is 2.34. The summed E-state index contributed by atoms with van der Waals surface area (Å²) in [6.07, 6.45) is 0.00705. The number of fused-ring (bicyclic) bond motifs is 3. The van der Waals surface area contributed by atoms with E-state index in [-0.39, 0.29) is 103 Å². The number of furan rings is 1. The SMILES string of the molecule is O=C(COc1cccc2c1C(=O)N(C1CCC(=O)NC1=O)C2=O)NCCOCCOCCNC(=O)c1cc2c(o1)C(=O)c1ccccc1C2=O. The van der Waals surface area contributed by atoms with Gasteiger partial charge >= 0.3 is 0 Å². The molecule has 0 saturated carbocycles. The van der Waals surface area contributed by atoms with Crippen LogP contribution >= 0.6 is 0 Å². The van der Waals surface area contributed by atoms with Crippen molar-refractivity contribution < 1.29 is 57.0 Å². The number of hydrogen-bond acceptors (Lipinski definition) is 12. The first-order valence-electron chi connectivity index (χ1n) is 15.7. The van der Waals surface area contributed by atoms with Crippen molar-refractivity contribution in [1.29, 1.82) is 0 Å². The van der Waals surface area contributed by atoms with Gasteiger partial charge in [0.25, 0.3) is 23.6 Å². The summed E-state index contributed by atoms with van der Waals surface area (Å²) in [7, 11) is 0. The standard InChI is InChI=1S/C34H30N4O12/c39-25-9-8-22(31(43)37-25)38-33(45)20-6-3-7-23(27(20)34(38)46)49-17-26(40)35-10-12-47-14-15-48-13-11-36-32(44)24-16-21-28(41)18-4-1-2-5-19(18)29(42)30(21)50-24/h1-7,16,22H,8-15,17H2,(H,35,40)(H,36,44)(H,37,39,43). The molecule has 3 aromatic rings. The number of ketones is 2. The molecule has 0 radical (unpaired) electrons. The summed E-state index contributed by atoms with van der Waals surface area (Å²) in [5, 5.41) is 7.34. The van der Waals surface area contributed by atoms with Gasteiger partial charge in [-0.1, -0.05) is 30.3 Å². The molecule has 2 aromatic carbocycles. The van der Waals surface area contributed by atoms with Crippen LogP contribution < -0.4 is 20.7 Å². The molecule has 258 valence electrons. The summed E-state index contributed by atoms with van der Waals surface area (Å²) in [6.45, 7) is 0.528. The van der Waals surface area contributed by atoms with Crippen LogP contribution in [0.3, 0.4) is 0 Å². The van der Waals surface area contributed by atoms with Gasteiger partial charge in [-0.3, -0.25) is 48.6 Å². The van der Waals surface area contributed by atoms with Crippen molar-refractivity contribution in [3.05, 3.63) is 87.9 Å². The van der Waals surface area contributed by atoms with E-state index in [0.717, 1.165) is 4.90 Å². The van der Waals surface area contributed by atoms with Crippen molar-refractivity contribution in [3.63, 3.8) is 0 Å². The molecule has 1 unspecified atom stereocenters. The van der Waals surface area contributed by atoms with Crippen molar-refractivity contribution >= 4 is 47.0 Å². The van der Waals surface area contributed by atoms with Crippen molar-refractivity contribution in [2.45, 2.75) is 18.9 Å².